The number of carbonyl (C=O) groups excluding carboxylic acids is 3. The molecular formula is C54H105CrO6. The zero-order chi connectivity index (χ0) is 44.7. The van der Waals surface area contributed by atoms with E-state index in [2.05, 4.69) is 20.8 Å². The second kappa shape index (κ2) is 63.2. The van der Waals surface area contributed by atoms with Gasteiger partial charge in [0.2, 0.25) is 0 Å². The van der Waals surface area contributed by atoms with Gasteiger partial charge in [-0.05, 0) is 38.5 Å². The van der Waals surface area contributed by atoms with Gasteiger partial charge in [0.15, 0.2) is 0 Å². The van der Waals surface area contributed by atoms with Crippen molar-refractivity contribution in [2.24, 2.45) is 0 Å². The fourth-order valence-corrected chi connectivity index (χ4v) is 7.92. The van der Waals surface area contributed by atoms with Gasteiger partial charge in [-0.15, -0.1) is 0 Å². The maximum absolute atomic E-state index is 10.2. The molecule has 0 saturated heterocycles. The van der Waals surface area contributed by atoms with E-state index in [1.165, 1.54) is 250 Å². The van der Waals surface area contributed by atoms with Gasteiger partial charge in [0, 0.05) is 17.9 Å². The van der Waals surface area contributed by atoms with Crippen LogP contribution in [0, 0.1) is 0 Å². The molecule has 0 heterocycles. The SMILES string of the molecule is CCCCCCCCCCCCCCCCCC(=O)[O-].CCCCCCCCCCCCCCCCCC(=O)[O-].CCCCCCCCCCCCCCCCCC(=O)[O-].[Cr+3]. The van der Waals surface area contributed by atoms with E-state index in [1.807, 2.05) is 0 Å². The number of unbranched alkanes of at least 4 members (excludes halogenated alkanes) is 42. The van der Waals surface area contributed by atoms with Crippen LogP contribution in [0.25, 0.3) is 0 Å². The van der Waals surface area contributed by atoms with Crippen LogP contribution in [-0.4, -0.2) is 17.9 Å². The predicted molar refractivity (Wildman–Crippen MR) is 254 cm³/mol. The molecule has 0 saturated carbocycles. The van der Waals surface area contributed by atoms with Crippen LogP contribution in [0.3, 0.4) is 0 Å². The molecule has 0 aromatic carbocycles. The maximum Gasteiger partial charge on any atom is 3.00 e. The Morgan fingerprint density at radius 2 is 0.311 bits per heavy atom. The molecule has 7 heteroatoms. The largest absolute Gasteiger partial charge is 3.00 e. The van der Waals surface area contributed by atoms with E-state index in [1.54, 1.807) is 0 Å². The van der Waals surface area contributed by atoms with Crippen molar-refractivity contribution >= 4 is 17.9 Å². The molecule has 0 aromatic rings. The van der Waals surface area contributed by atoms with E-state index < -0.39 is 17.9 Å². The summed E-state index contributed by atoms with van der Waals surface area (Å²) in [5.74, 6) is -2.71. The number of carboxylic acids is 3. The smallest absolute Gasteiger partial charge is 0.550 e. The predicted octanol–water partition coefficient (Wildman–Crippen LogP) is 15.0. The Morgan fingerprint density at radius 1 is 0.213 bits per heavy atom. The molecule has 61 heavy (non-hydrogen) atoms. The van der Waals surface area contributed by atoms with Crippen LogP contribution in [0.15, 0.2) is 0 Å². The molecule has 0 aliphatic carbocycles. The molecule has 0 aliphatic heterocycles. The van der Waals surface area contributed by atoms with Gasteiger partial charge in [0.05, 0.1) is 0 Å². The van der Waals surface area contributed by atoms with Crippen LogP contribution in [0.4, 0.5) is 0 Å². The minimum absolute atomic E-state index is 0. The van der Waals surface area contributed by atoms with Crippen LogP contribution in [0.2, 0.25) is 0 Å². The molecule has 0 unspecified atom stereocenters. The molecule has 0 rings (SSSR count). The fraction of sp³-hybridized carbons (Fsp3) is 0.944. The summed E-state index contributed by atoms with van der Waals surface area (Å²) in [6.45, 7) is 6.80. The minimum atomic E-state index is -0.903. The summed E-state index contributed by atoms with van der Waals surface area (Å²) in [5, 5.41) is 30.7. The number of rotatable bonds is 48. The Balaban J connectivity index is -0.000000396. The van der Waals surface area contributed by atoms with Crippen molar-refractivity contribution in [2.75, 3.05) is 0 Å². The van der Waals surface area contributed by atoms with Crippen molar-refractivity contribution in [3.63, 3.8) is 0 Å². The van der Waals surface area contributed by atoms with Crippen LogP contribution in [0.5, 0.6) is 0 Å². The molecule has 363 valence electrons. The Hall–Kier alpha value is -1.06. The van der Waals surface area contributed by atoms with E-state index in [9.17, 15) is 29.7 Å². The number of aliphatic carboxylic acids is 3. The normalized spacial score (nSPS) is 10.7. The van der Waals surface area contributed by atoms with Gasteiger partial charge < -0.3 is 29.7 Å². The second-order valence-corrected chi connectivity index (χ2v) is 18.2. The molecule has 0 aromatic heterocycles. The first kappa shape index (κ1) is 66.5. The second-order valence-electron chi connectivity index (χ2n) is 18.2. The van der Waals surface area contributed by atoms with Crippen LogP contribution >= 0.6 is 0 Å². The van der Waals surface area contributed by atoms with E-state index in [4.69, 9.17) is 0 Å². The van der Waals surface area contributed by atoms with Gasteiger partial charge in [-0.1, -0.05) is 290 Å². The van der Waals surface area contributed by atoms with Crippen molar-refractivity contribution in [3.05, 3.63) is 0 Å². The monoisotopic (exact) mass is 902 g/mol. The zero-order valence-corrected chi connectivity index (χ0v) is 42.6. The molecule has 1 radical (unpaired) electrons. The molecule has 0 amide bonds. The van der Waals surface area contributed by atoms with Gasteiger partial charge in [-0.2, -0.15) is 0 Å². The molecular weight excluding hydrogens is 797 g/mol. The fourth-order valence-electron chi connectivity index (χ4n) is 7.92. The summed E-state index contributed by atoms with van der Waals surface area (Å²) < 4.78 is 0. The third-order valence-corrected chi connectivity index (χ3v) is 12.0. The van der Waals surface area contributed by atoms with Crippen LogP contribution < -0.4 is 15.3 Å². The quantitative estimate of drug-likeness (QED) is 0.0561. The van der Waals surface area contributed by atoms with Gasteiger partial charge in [0.1, 0.15) is 0 Å². The first-order chi connectivity index (χ1) is 29.3. The average molecular weight is 902 g/mol. The summed E-state index contributed by atoms with van der Waals surface area (Å²) in [6.07, 6.45) is 59.6. The minimum Gasteiger partial charge on any atom is -0.550 e. The Labute approximate surface area is 392 Å². The number of carbonyl (C=O) groups is 3. The third kappa shape index (κ3) is 76.6. The van der Waals surface area contributed by atoms with Crippen molar-refractivity contribution < 1.29 is 47.1 Å². The molecule has 6 nitrogen and oxygen atoms in total. The van der Waals surface area contributed by atoms with E-state index in [0.717, 1.165) is 38.5 Å². The number of carboxylic acid groups (broad SMARTS) is 3. The van der Waals surface area contributed by atoms with Crippen molar-refractivity contribution in [1.29, 1.82) is 0 Å². The Bertz CT molecular complexity index is 717. The number of hydrogen-bond acceptors (Lipinski definition) is 6. The van der Waals surface area contributed by atoms with Gasteiger partial charge in [-0.25, -0.2) is 0 Å². The number of hydrogen-bond donors (Lipinski definition) is 0. The Morgan fingerprint density at radius 3 is 0.410 bits per heavy atom. The van der Waals surface area contributed by atoms with Gasteiger partial charge in [0.25, 0.3) is 0 Å². The summed E-state index contributed by atoms with van der Waals surface area (Å²) in [4.78, 5) is 30.7. The van der Waals surface area contributed by atoms with Gasteiger partial charge in [-0.3, -0.25) is 0 Å². The molecule has 0 aliphatic rings. The topological polar surface area (TPSA) is 120 Å². The molecule has 0 atom stereocenters. The van der Waals surface area contributed by atoms with E-state index >= 15 is 0 Å². The van der Waals surface area contributed by atoms with Crippen LogP contribution in [-0.2, 0) is 31.7 Å². The Kier molecular flexibility index (Phi) is 69.0. The van der Waals surface area contributed by atoms with Crippen molar-refractivity contribution in [1.82, 2.24) is 0 Å². The average Bonchev–Trinajstić information content (AvgIpc) is 3.22. The molecule has 0 spiro atoms. The molecule has 0 bridgehead atoms. The van der Waals surface area contributed by atoms with E-state index in [0.29, 0.717) is 0 Å². The summed E-state index contributed by atoms with van der Waals surface area (Å²) in [5.41, 5.74) is 0. The van der Waals surface area contributed by atoms with Crippen LogP contribution in [0.1, 0.15) is 329 Å². The maximum atomic E-state index is 10.2. The van der Waals surface area contributed by atoms with Gasteiger partial charge >= 0.3 is 17.4 Å². The first-order valence-electron chi connectivity index (χ1n) is 26.9. The third-order valence-electron chi connectivity index (χ3n) is 12.0. The first-order valence-corrected chi connectivity index (χ1v) is 26.9. The standard InChI is InChI=1S/3C18H36O2.Cr/c3*1-2-3-4-5-6-7-8-9-10-11-12-13-14-15-16-17-18(19)20;/h3*2-17H2,1H3,(H,19,20);/q;;;+3/p-3. The summed E-state index contributed by atoms with van der Waals surface area (Å²) in [7, 11) is 0. The zero-order valence-electron chi connectivity index (χ0n) is 41.3. The van der Waals surface area contributed by atoms with Crippen molar-refractivity contribution in [2.45, 2.75) is 329 Å². The molecule has 0 N–H and O–H groups in total. The van der Waals surface area contributed by atoms with Crippen molar-refractivity contribution in [3.8, 4) is 0 Å². The molecule has 0 fully saturated rings. The summed E-state index contributed by atoms with van der Waals surface area (Å²) in [6, 6.07) is 0. The summed E-state index contributed by atoms with van der Waals surface area (Å²) >= 11 is 0. The van der Waals surface area contributed by atoms with E-state index in [-0.39, 0.29) is 36.6 Å².